The second-order valence-electron chi connectivity index (χ2n) is 6.69. The van der Waals surface area contributed by atoms with Crippen molar-refractivity contribution in [3.63, 3.8) is 0 Å². The zero-order chi connectivity index (χ0) is 20.1. The van der Waals surface area contributed by atoms with Crippen LogP contribution in [0.2, 0.25) is 0 Å². The number of amides is 2. The number of halogens is 1. The molecule has 0 radical (unpaired) electrons. The molecule has 2 aromatic carbocycles. The fourth-order valence-corrected chi connectivity index (χ4v) is 3.19. The number of carbonyl (C=O) groups excluding carboxylic acids is 2. The van der Waals surface area contributed by atoms with Crippen molar-refractivity contribution >= 4 is 22.8 Å². The summed E-state index contributed by atoms with van der Waals surface area (Å²) in [7, 11) is 0. The van der Waals surface area contributed by atoms with Gasteiger partial charge in [0.1, 0.15) is 18.2 Å². The molecule has 1 heterocycles. The number of hydrogen-bond donors (Lipinski definition) is 2. The molecule has 6 nitrogen and oxygen atoms in total. The number of para-hydroxylation sites is 2. The molecule has 0 saturated carbocycles. The molecule has 28 heavy (non-hydrogen) atoms. The maximum Gasteiger partial charge on any atom is 0.240 e. The van der Waals surface area contributed by atoms with Gasteiger partial charge in [0.2, 0.25) is 11.8 Å². The second-order valence-corrected chi connectivity index (χ2v) is 6.69. The average Bonchev–Trinajstić information content (AvgIpc) is 3.04. The largest absolute Gasteiger partial charge is 0.369 e. The summed E-state index contributed by atoms with van der Waals surface area (Å²) in [6, 6.07) is 13.5. The monoisotopic (exact) mass is 382 g/mol. The zero-order valence-electron chi connectivity index (χ0n) is 15.7. The van der Waals surface area contributed by atoms with E-state index in [-0.39, 0.29) is 24.8 Å². The highest BCUT2D eigenvalue weighted by Crippen LogP contribution is 2.16. The van der Waals surface area contributed by atoms with Gasteiger partial charge in [0, 0.05) is 13.0 Å². The molecule has 2 amide bonds. The highest BCUT2D eigenvalue weighted by atomic mass is 19.1. The first kappa shape index (κ1) is 19.5. The van der Waals surface area contributed by atoms with Crippen LogP contribution in [-0.2, 0) is 29.0 Å². The molecule has 1 unspecified atom stereocenters. The molecule has 0 aliphatic rings. The number of imidazole rings is 1. The number of primary amides is 1. The first-order valence-electron chi connectivity index (χ1n) is 9.22. The minimum Gasteiger partial charge on any atom is -0.369 e. The number of hydrogen-bond acceptors (Lipinski definition) is 3. The van der Waals surface area contributed by atoms with Crippen LogP contribution in [0.1, 0.15) is 18.3 Å². The lowest BCUT2D eigenvalue weighted by Gasteiger charge is -2.15. The van der Waals surface area contributed by atoms with E-state index >= 15 is 0 Å². The smallest absolute Gasteiger partial charge is 0.240 e. The van der Waals surface area contributed by atoms with Crippen LogP contribution in [0.25, 0.3) is 11.0 Å². The van der Waals surface area contributed by atoms with Crippen LogP contribution in [0.5, 0.6) is 0 Å². The van der Waals surface area contributed by atoms with Crippen molar-refractivity contribution in [2.24, 2.45) is 11.7 Å². The quantitative estimate of drug-likeness (QED) is 0.626. The summed E-state index contributed by atoms with van der Waals surface area (Å²) in [5.74, 6) is -0.809. The third-order valence-electron chi connectivity index (χ3n) is 4.69. The number of aromatic nitrogens is 2. The fraction of sp³-hybridized carbons (Fsp3) is 0.286. The Morgan fingerprint density at radius 2 is 1.89 bits per heavy atom. The topological polar surface area (TPSA) is 90.0 Å². The number of aryl methyl sites for hydroxylation is 1. The standard InChI is InChI=1S/C21H23FN4O2/c1-2-19-25-17-5-3-4-6-18(17)26(19)13-20(27)24-12-15(21(23)28)11-14-7-9-16(22)10-8-14/h3-10,15H,2,11-13H2,1H3,(H2,23,28)(H,24,27). The molecule has 146 valence electrons. The summed E-state index contributed by atoms with van der Waals surface area (Å²) in [4.78, 5) is 28.8. The number of nitrogens with one attached hydrogen (secondary N) is 1. The van der Waals surface area contributed by atoms with Gasteiger partial charge in [0.15, 0.2) is 0 Å². The predicted molar refractivity (Wildman–Crippen MR) is 105 cm³/mol. The van der Waals surface area contributed by atoms with Crippen LogP contribution in [0.4, 0.5) is 4.39 Å². The van der Waals surface area contributed by atoms with Crippen molar-refractivity contribution in [3.05, 3.63) is 65.7 Å². The molecule has 1 aromatic heterocycles. The van der Waals surface area contributed by atoms with Crippen LogP contribution in [-0.4, -0.2) is 27.9 Å². The number of nitrogens with two attached hydrogens (primary N) is 1. The fourth-order valence-electron chi connectivity index (χ4n) is 3.19. The minimum atomic E-state index is -0.570. The first-order chi connectivity index (χ1) is 13.5. The summed E-state index contributed by atoms with van der Waals surface area (Å²) in [6.07, 6.45) is 1.04. The zero-order valence-corrected chi connectivity index (χ0v) is 15.7. The molecule has 0 fully saturated rings. The third-order valence-corrected chi connectivity index (χ3v) is 4.69. The summed E-state index contributed by atoms with van der Waals surface area (Å²) < 4.78 is 14.9. The predicted octanol–water partition coefficient (Wildman–Crippen LogP) is 2.20. The van der Waals surface area contributed by atoms with Gasteiger partial charge in [-0.25, -0.2) is 9.37 Å². The maximum absolute atomic E-state index is 13.0. The Labute approximate surface area is 162 Å². The van der Waals surface area contributed by atoms with Crippen LogP contribution in [0, 0.1) is 11.7 Å². The van der Waals surface area contributed by atoms with Gasteiger partial charge in [-0.1, -0.05) is 31.2 Å². The molecule has 0 aliphatic heterocycles. The molecule has 1 atom stereocenters. The second kappa shape index (κ2) is 8.65. The molecule has 3 N–H and O–H groups in total. The molecular weight excluding hydrogens is 359 g/mol. The van der Waals surface area contributed by atoms with Gasteiger partial charge in [0.25, 0.3) is 0 Å². The van der Waals surface area contributed by atoms with E-state index in [0.717, 1.165) is 22.4 Å². The first-order valence-corrected chi connectivity index (χ1v) is 9.22. The molecule has 0 saturated heterocycles. The highest BCUT2D eigenvalue weighted by Gasteiger charge is 2.18. The van der Waals surface area contributed by atoms with Crippen molar-refractivity contribution in [2.75, 3.05) is 6.54 Å². The van der Waals surface area contributed by atoms with E-state index in [4.69, 9.17) is 5.73 Å². The lowest BCUT2D eigenvalue weighted by atomic mass is 9.98. The molecule has 0 bridgehead atoms. The normalized spacial score (nSPS) is 12.1. The summed E-state index contributed by atoms with van der Waals surface area (Å²) in [6.45, 7) is 2.23. The minimum absolute atomic E-state index is 0.117. The SMILES string of the molecule is CCc1nc2ccccc2n1CC(=O)NCC(Cc1ccc(F)cc1)C(N)=O. The van der Waals surface area contributed by atoms with Crippen LogP contribution in [0.3, 0.4) is 0 Å². The van der Waals surface area contributed by atoms with Gasteiger partial charge < -0.3 is 15.6 Å². The summed E-state index contributed by atoms with van der Waals surface area (Å²) in [5, 5.41) is 2.79. The van der Waals surface area contributed by atoms with Crippen LogP contribution >= 0.6 is 0 Å². The maximum atomic E-state index is 13.0. The number of benzene rings is 2. The van der Waals surface area contributed by atoms with Crippen molar-refractivity contribution in [3.8, 4) is 0 Å². The van der Waals surface area contributed by atoms with Gasteiger partial charge in [-0.3, -0.25) is 9.59 Å². The third kappa shape index (κ3) is 4.54. The highest BCUT2D eigenvalue weighted by molar-refractivity contribution is 5.82. The van der Waals surface area contributed by atoms with Gasteiger partial charge in [-0.2, -0.15) is 0 Å². The van der Waals surface area contributed by atoms with E-state index in [9.17, 15) is 14.0 Å². The van der Waals surface area contributed by atoms with Crippen molar-refractivity contribution in [2.45, 2.75) is 26.3 Å². The van der Waals surface area contributed by atoms with Gasteiger partial charge in [-0.15, -0.1) is 0 Å². The molecular formula is C21H23FN4O2. The Bertz CT molecular complexity index is 982. The van der Waals surface area contributed by atoms with Crippen molar-refractivity contribution in [1.82, 2.24) is 14.9 Å². The number of nitrogens with zero attached hydrogens (tertiary/aromatic N) is 2. The number of carbonyl (C=O) groups is 2. The average molecular weight is 382 g/mol. The molecule has 3 rings (SSSR count). The van der Waals surface area contributed by atoms with Crippen molar-refractivity contribution in [1.29, 1.82) is 0 Å². The summed E-state index contributed by atoms with van der Waals surface area (Å²) in [5.41, 5.74) is 8.00. The number of rotatable bonds is 8. The Morgan fingerprint density at radius 1 is 1.18 bits per heavy atom. The molecule has 7 heteroatoms. The van der Waals surface area contributed by atoms with E-state index in [1.54, 1.807) is 12.1 Å². The lowest BCUT2D eigenvalue weighted by molar-refractivity contribution is -0.123. The van der Waals surface area contributed by atoms with E-state index < -0.39 is 11.8 Å². The summed E-state index contributed by atoms with van der Waals surface area (Å²) >= 11 is 0. The lowest BCUT2D eigenvalue weighted by Crippen LogP contribution is -2.38. The number of fused-ring (bicyclic) bond motifs is 1. The Kier molecular flexibility index (Phi) is 6.03. The van der Waals surface area contributed by atoms with Gasteiger partial charge >= 0.3 is 0 Å². The van der Waals surface area contributed by atoms with E-state index in [2.05, 4.69) is 10.3 Å². The Morgan fingerprint density at radius 3 is 2.57 bits per heavy atom. The van der Waals surface area contributed by atoms with Crippen molar-refractivity contribution < 1.29 is 14.0 Å². The van der Waals surface area contributed by atoms with Crippen LogP contribution in [0.15, 0.2) is 48.5 Å². The van der Waals surface area contributed by atoms with E-state index in [0.29, 0.717) is 12.8 Å². The molecule has 0 aliphatic carbocycles. The van der Waals surface area contributed by atoms with E-state index in [1.807, 2.05) is 35.8 Å². The molecule has 3 aromatic rings. The Balaban J connectivity index is 1.65. The van der Waals surface area contributed by atoms with Gasteiger partial charge in [0.05, 0.1) is 17.0 Å². The molecule has 0 spiro atoms. The Hall–Kier alpha value is -3.22. The van der Waals surface area contributed by atoms with Gasteiger partial charge in [-0.05, 0) is 36.2 Å². The van der Waals surface area contributed by atoms with Crippen LogP contribution < -0.4 is 11.1 Å². The van der Waals surface area contributed by atoms with E-state index in [1.165, 1.54) is 12.1 Å².